The monoisotopic (exact) mass is 463 g/mol. The molecule has 3 heterocycles. The van der Waals surface area contributed by atoms with Gasteiger partial charge in [0.05, 0.1) is 11.7 Å². The number of benzene rings is 1. The molecule has 1 aromatic carbocycles. The summed E-state index contributed by atoms with van der Waals surface area (Å²) in [6, 6.07) is 13.4. The molecule has 9 heteroatoms. The van der Waals surface area contributed by atoms with Gasteiger partial charge in [-0.2, -0.15) is 0 Å². The van der Waals surface area contributed by atoms with Crippen LogP contribution in [0.5, 0.6) is 0 Å². The smallest absolute Gasteiger partial charge is 0.262 e. The van der Waals surface area contributed by atoms with Crippen molar-refractivity contribution in [2.24, 2.45) is 0 Å². The standard InChI is InChI=1S/C24H25N5O3S/c1-16-3-4-17(2)29(16)14-22(31)26-12-19-7-5-18(6-8-19)11-25-21(30)13-28-15-27-23-20(24(28)32)9-10-33-23/h3-10,15H,11-14H2,1-2H3,(H,25,30)(H,26,31). The number of aromatic nitrogens is 3. The summed E-state index contributed by atoms with van der Waals surface area (Å²) in [5, 5.41) is 8.10. The van der Waals surface area contributed by atoms with Crippen LogP contribution >= 0.6 is 11.3 Å². The first-order chi connectivity index (χ1) is 15.9. The first kappa shape index (κ1) is 22.5. The highest BCUT2D eigenvalue weighted by Gasteiger charge is 2.09. The van der Waals surface area contributed by atoms with Crippen molar-refractivity contribution >= 4 is 33.4 Å². The Morgan fingerprint density at radius 1 is 0.879 bits per heavy atom. The van der Waals surface area contributed by atoms with Crippen molar-refractivity contribution in [2.45, 2.75) is 40.0 Å². The third kappa shape index (κ3) is 5.38. The summed E-state index contributed by atoms with van der Waals surface area (Å²) in [4.78, 5) is 41.8. The van der Waals surface area contributed by atoms with E-state index in [4.69, 9.17) is 0 Å². The van der Waals surface area contributed by atoms with Crippen molar-refractivity contribution in [3.8, 4) is 0 Å². The maximum absolute atomic E-state index is 12.4. The highest BCUT2D eigenvalue weighted by Crippen LogP contribution is 2.13. The maximum Gasteiger partial charge on any atom is 0.262 e. The second kappa shape index (κ2) is 9.83. The van der Waals surface area contributed by atoms with Gasteiger partial charge in [-0.25, -0.2) is 4.98 Å². The van der Waals surface area contributed by atoms with E-state index in [1.165, 1.54) is 22.2 Å². The first-order valence-electron chi connectivity index (χ1n) is 10.6. The minimum Gasteiger partial charge on any atom is -0.350 e. The molecule has 0 aliphatic heterocycles. The molecule has 0 fully saturated rings. The predicted molar refractivity (Wildman–Crippen MR) is 128 cm³/mol. The van der Waals surface area contributed by atoms with Gasteiger partial charge in [0.2, 0.25) is 11.8 Å². The number of nitrogens with zero attached hydrogens (tertiary/aromatic N) is 3. The molecule has 0 unspecified atom stereocenters. The SMILES string of the molecule is Cc1ccc(C)n1CC(=O)NCc1ccc(CNC(=O)Cn2cnc3sccc3c2=O)cc1. The quantitative estimate of drug-likeness (QED) is 0.420. The van der Waals surface area contributed by atoms with Crippen LogP contribution in [0.2, 0.25) is 0 Å². The van der Waals surface area contributed by atoms with Crippen molar-refractivity contribution in [3.63, 3.8) is 0 Å². The number of carbonyl (C=O) groups is 2. The van der Waals surface area contributed by atoms with E-state index in [-0.39, 0.29) is 23.9 Å². The Hall–Kier alpha value is -3.72. The topological polar surface area (TPSA) is 98.0 Å². The summed E-state index contributed by atoms with van der Waals surface area (Å²) in [5.41, 5.74) is 3.80. The second-order valence-corrected chi connectivity index (χ2v) is 8.78. The molecule has 33 heavy (non-hydrogen) atoms. The number of thiophene rings is 1. The van der Waals surface area contributed by atoms with E-state index in [0.717, 1.165) is 22.5 Å². The highest BCUT2D eigenvalue weighted by atomic mass is 32.1. The van der Waals surface area contributed by atoms with Crippen LogP contribution in [0, 0.1) is 13.8 Å². The summed E-state index contributed by atoms with van der Waals surface area (Å²) < 4.78 is 3.29. The van der Waals surface area contributed by atoms with E-state index in [0.29, 0.717) is 29.9 Å². The minimum absolute atomic E-state index is 0.0425. The Balaban J connectivity index is 1.25. The van der Waals surface area contributed by atoms with E-state index in [1.54, 1.807) is 6.07 Å². The van der Waals surface area contributed by atoms with Crippen molar-refractivity contribution in [1.29, 1.82) is 0 Å². The number of hydrogen-bond acceptors (Lipinski definition) is 5. The first-order valence-corrected chi connectivity index (χ1v) is 11.5. The van der Waals surface area contributed by atoms with Crippen molar-refractivity contribution < 1.29 is 9.59 Å². The normalized spacial score (nSPS) is 11.0. The molecule has 2 amide bonds. The van der Waals surface area contributed by atoms with Crippen LogP contribution < -0.4 is 16.2 Å². The number of fused-ring (bicyclic) bond motifs is 1. The van der Waals surface area contributed by atoms with Crippen LogP contribution in [0.15, 0.2) is 59.0 Å². The van der Waals surface area contributed by atoms with Crippen LogP contribution in [0.3, 0.4) is 0 Å². The van der Waals surface area contributed by atoms with Gasteiger partial charge < -0.3 is 15.2 Å². The lowest BCUT2D eigenvalue weighted by atomic mass is 10.1. The summed E-state index contributed by atoms with van der Waals surface area (Å²) in [6.07, 6.45) is 1.41. The van der Waals surface area contributed by atoms with Crippen molar-refractivity contribution in [1.82, 2.24) is 24.8 Å². The van der Waals surface area contributed by atoms with Crippen LogP contribution in [-0.2, 0) is 35.8 Å². The fourth-order valence-electron chi connectivity index (χ4n) is 3.54. The van der Waals surface area contributed by atoms with Crippen molar-refractivity contribution in [2.75, 3.05) is 0 Å². The van der Waals surface area contributed by atoms with Crippen LogP contribution in [-0.4, -0.2) is 25.9 Å². The van der Waals surface area contributed by atoms with Gasteiger partial charge >= 0.3 is 0 Å². The fraction of sp³-hybridized carbons (Fsp3) is 0.250. The zero-order valence-corrected chi connectivity index (χ0v) is 19.3. The van der Waals surface area contributed by atoms with Gasteiger partial charge in [0.15, 0.2) is 0 Å². The van der Waals surface area contributed by atoms with E-state index in [9.17, 15) is 14.4 Å². The maximum atomic E-state index is 12.4. The molecule has 0 aliphatic rings. The van der Waals surface area contributed by atoms with Gasteiger partial charge in [0.1, 0.15) is 17.9 Å². The van der Waals surface area contributed by atoms with Gasteiger partial charge in [-0.15, -0.1) is 11.3 Å². The van der Waals surface area contributed by atoms with Gasteiger partial charge in [0.25, 0.3) is 5.56 Å². The van der Waals surface area contributed by atoms with E-state index in [2.05, 4.69) is 15.6 Å². The molecule has 4 rings (SSSR count). The van der Waals surface area contributed by atoms with E-state index < -0.39 is 0 Å². The molecule has 0 radical (unpaired) electrons. The molecule has 3 aromatic heterocycles. The van der Waals surface area contributed by atoms with Crippen LogP contribution in [0.4, 0.5) is 0 Å². The lowest BCUT2D eigenvalue weighted by Crippen LogP contribution is -2.32. The minimum atomic E-state index is -0.264. The molecule has 8 nitrogen and oxygen atoms in total. The lowest BCUT2D eigenvalue weighted by Gasteiger charge is -2.11. The van der Waals surface area contributed by atoms with Crippen LogP contribution in [0.1, 0.15) is 22.5 Å². The molecule has 0 bridgehead atoms. The number of rotatable bonds is 8. The molecule has 4 aromatic rings. The molecule has 170 valence electrons. The average molecular weight is 464 g/mol. The molecule has 0 spiro atoms. The number of hydrogen-bond donors (Lipinski definition) is 2. The van der Waals surface area contributed by atoms with Gasteiger partial charge in [-0.3, -0.25) is 19.0 Å². The molecule has 0 saturated carbocycles. The third-order valence-corrected chi connectivity index (χ3v) is 6.31. The summed E-state index contributed by atoms with van der Waals surface area (Å²) in [6.45, 7) is 4.96. The number of nitrogens with one attached hydrogen (secondary N) is 2. The number of carbonyl (C=O) groups excluding carboxylic acids is 2. The Morgan fingerprint density at radius 2 is 1.45 bits per heavy atom. The highest BCUT2D eigenvalue weighted by molar-refractivity contribution is 7.16. The Morgan fingerprint density at radius 3 is 2.06 bits per heavy atom. The van der Waals surface area contributed by atoms with E-state index >= 15 is 0 Å². The summed E-state index contributed by atoms with van der Waals surface area (Å²) in [7, 11) is 0. The average Bonchev–Trinajstić information content (AvgIpc) is 3.41. The lowest BCUT2D eigenvalue weighted by molar-refractivity contribution is -0.122. The third-order valence-electron chi connectivity index (χ3n) is 5.49. The van der Waals surface area contributed by atoms with Gasteiger partial charge in [-0.1, -0.05) is 24.3 Å². The molecule has 0 saturated heterocycles. The summed E-state index contributed by atoms with van der Waals surface area (Å²) >= 11 is 1.39. The molecule has 0 atom stereocenters. The fourth-order valence-corrected chi connectivity index (χ4v) is 4.26. The predicted octanol–water partition coefficient (Wildman–Crippen LogP) is 2.51. The largest absolute Gasteiger partial charge is 0.350 e. The summed E-state index contributed by atoms with van der Waals surface area (Å²) in [5.74, 6) is -0.306. The van der Waals surface area contributed by atoms with Gasteiger partial charge in [0, 0.05) is 24.5 Å². The van der Waals surface area contributed by atoms with Crippen LogP contribution in [0.25, 0.3) is 10.2 Å². The molecular weight excluding hydrogens is 438 g/mol. The number of aryl methyl sites for hydroxylation is 2. The Bertz CT molecular complexity index is 1330. The van der Waals surface area contributed by atoms with E-state index in [1.807, 2.05) is 60.2 Å². The zero-order chi connectivity index (χ0) is 23.4. The molecular formula is C24H25N5O3S. The second-order valence-electron chi connectivity index (χ2n) is 7.89. The molecule has 2 N–H and O–H groups in total. The van der Waals surface area contributed by atoms with Gasteiger partial charge in [-0.05, 0) is 48.6 Å². The molecule has 0 aliphatic carbocycles. The Labute approximate surface area is 194 Å². The Kier molecular flexibility index (Phi) is 6.69. The van der Waals surface area contributed by atoms with Crippen molar-refractivity contribution in [3.05, 3.63) is 87.0 Å². The zero-order valence-electron chi connectivity index (χ0n) is 18.5. The number of amides is 2.